The highest BCUT2D eigenvalue weighted by molar-refractivity contribution is 5.76. The fraction of sp³-hybridized carbons (Fsp3) is 0.855. The summed E-state index contributed by atoms with van der Waals surface area (Å²) in [5.41, 5.74) is 0. The van der Waals surface area contributed by atoms with Crippen molar-refractivity contribution in [1.82, 2.24) is 5.32 Å². The third-order valence-electron chi connectivity index (χ3n) is 15.9. The number of esters is 1. The van der Waals surface area contributed by atoms with Gasteiger partial charge in [-0.25, -0.2) is 0 Å². The maximum Gasteiger partial charge on any atom is 0.305 e. The molecule has 7 atom stereocenters. The van der Waals surface area contributed by atoms with Crippen LogP contribution in [0.25, 0.3) is 0 Å². The SMILES string of the molecule is CCCCCC/C=C/CC/C=C/CC/C=C/C(O)C(COC1OC(CO)C(O)C(O)C1O)NC(=O)CCCCCCCCCCCCC/C=C\CCCCCCCCCCCCCCOC(=O)CCCCCCCCCCCCC. The van der Waals surface area contributed by atoms with Crippen molar-refractivity contribution in [1.29, 1.82) is 0 Å². The summed E-state index contributed by atoms with van der Waals surface area (Å²) in [6.45, 7) is 4.32. The molecule has 7 unspecified atom stereocenters. The van der Waals surface area contributed by atoms with Crippen LogP contribution in [0, 0.1) is 0 Å². The molecule has 1 saturated heterocycles. The van der Waals surface area contributed by atoms with Crippen molar-refractivity contribution in [2.75, 3.05) is 19.8 Å². The zero-order valence-corrected chi connectivity index (χ0v) is 51.8. The molecule has 0 bridgehead atoms. The van der Waals surface area contributed by atoms with Crippen molar-refractivity contribution in [3.8, 4) is 0 Å². The molecule has 0 aromatic heterocycles. The van der Waals surface area contributed by atoms with E-state index in [4.69, 9.17) is 14.2 Å². The van der Waals surface area contributed by atoms with Gasteiger partial charge in [-0.2, -0.15) is 0 Å². The molecule has 1 fully saturated rings. The summed E-state index contributed by atoms with van der Waals surface area (Å²) in [5, 5.41) is 54.4. The zero-order chi connectivity index (χ0) is 58.0. The standard InChI is InChI=1S/C69H127NO10/c1-3-5-7-9-11-13-15-16-32-36-39-43-47-51-55-62(72)61(60-79-69-68(77)67(76)66(75)63(59-71)80-69)70-64(73)56-52-48-44-40-37-33-30-28-26-24-22-20-18-17-19-21-23-25-27-29-31-34-38-42-46-50-54-58-78-65(74)57-53-49-45-41-35-14-12-10-8-6-4-2/h13,15,17-18,36,39,51,55,61-63,66-69,71-72,75-77H,3-12,14,16,19-35,37-38,40-50,52-54,56-60H2,1-2H3,(H,70,73)/b15-13+,18-17-,39-36+,55-51+. The Labute approximate surface area is 491 Å². The number of ether oxygens (including phenoxy) is 3. The number of amides is 1. The molecular formula is C69H127NO10. The average Bonchev–Trinajstić information content (AvgIpc) is 3.47. The van der Waals surface area contributed by atoms with Gasteiger partial charge in [-0.3, -0.25) is 9.59 Å². The molecule has 80 heavy (non-hydrogen) atoms. The summed E-state index contributed by atoms with van der Waals surface area (Å²) in [6, 6.07) is -0.836. The van der Waals surface area contributed by atoms with Crippen LogP contribution in [0.4, 0.5) is 0 Å². The number of unbranched alkanes of at least 4 members (excludes halogenated alkanes) is 39. The first-order chi connectivity index (χ1) is 39.2. The van der Waals surface area contributed by atoms with Gasteiger partial charge in [0.15, 0.2) is 6.29 Å². The molecule has 6 N–H and O–H groups in total. The Morgan fingerprint density at radius 2 is 0.812 bits per heavy atom. The second kappa shape index (κ2) is 58.4. The average molecular weight is 1130 g/mol. The van der Waals surface area contributed by atoms with Gasteiger partial charge in [0.05, 0.1) is 32.0 Å². The first kappa shape index (κ1) is 75.6. The molecule has 1 aliphatic rings. The Bertz CT molecular complexity index is 1470. The quantitative estimate of drug-likeness (QED) is 0.0195. The van der Waals surface area contributed by atoms with Crippen molar-refractivity contribution < 1.29 is 49.3 Å². The molecule has 1 amide bonds. The molecule has 11 heteroatoms. The van der Waals surface area contributed by atoms with E-state index in [1.165, 1.54) is 218 Å². The summed E-state index contributed by atoms with van der Waals surface area (Å²) in [7, 11) is 0. The van der Waals surface area contributed by atoms with Crippen LogP contribution in [0.15, 0.2) is 48.6 Å². The topological polar surface area (TPSA) is 175 Å². The van der Waals surface area contributed by atoms with Crippen molar-refractivity contribution in [2.45, 2.75) is 358 Å². The van der Waals surface area contributed by atoms with Gasteiger partial charge in [-0.15, -0.1) is 0 Å². The van der Waals surface area contributed by atoms with Crippen LogP contribution < -0.4 is 5.32 Å². The lowest BCUT2D eigenvalue weighted by molar-refractivity contribution is -0.302. The van der Waals surface area contributed by atoms with Crippen LogP contribution in [-0.4, -0.2) is 100 Å². The second-order valence-corrected chi connectivity index (χ2v) is 23.5. The second-order valence-electron chi connectivity index (χ2n) is 23.5. The van der Waals surface area contributed by atoms with Gasteiger partial charge in [0.1, 0.15) is 24.4 Å². The molecule has 1 rings (SSSR count). The van der Waals surface area contributed by atoms with E-state index in [9.17, 15) is 35.1 Å². The number of nitrogens with one attached hydrogen (secondary N) is 1. The Morgan fingerprint density at radius 1 is 0.450 bits per heavy atom. The predicted octanol–water partition coefficient (Wildman–Crippen LogP) is 16.8. The zero-order valence-electron chi connectivity index (χ0n) is 51.8. The van der Waals surface area contributed by atoms with E-state index in [1.807, 2.05) is 6.08 Å². The molecule has 1 aliphatic heterocycles. The number of allylic oxidation sites excluding steroid dienone is 7. The molecule has 0 saturated carbocycles. The van der Waals surface area contributed by atoms with Crippen LogP contribution in [0.2, 0.25) is 0 Å². The molecule has 468 valence electrons. The number of rotatable bonds is 59. The third-order valence-corrected chi connectivity index (χ3v) is 15.9. The van der Waals surface area contributed by atoms with Gasteiger partial charge >= 0.3 is 5.97 Å². The highest BCUT2D eigenvalue weighted by Gasteiger charge is 2.44. The summed E-state index contributed by atoms with van der Waals surface area (Å²) in [6.07, 6.45) is 65.1. The summed E-state index contributed by atoms with van der Waals surface area (Å²) < 4.78 is 16.7. The minimum absolute atomic E-state index is 0.00462. The number of aliphatic hydroxyl groups is 5. The molecule has 1 heterocycles. The van der Waals surface area contributed by atoms with E-state index >= 15 is 0 Å². The Balaban J connectivity index is 2.03. The molecule has 0 aromatic carbocycles. The van der Waals surface area contributed by atoms with E-state index in [1.54, 1.807) is 6.08 Å². The molecule has 0 aromatic rings. The van der Waals surface area contributed by atoms with Gasteiger partial charge in [0.25, 0.3) is 0 Å². The van der Waals surface area contributed by atoms with Crippen molar-refractivity contribution >= 4 is 11.9 Å². The molecule has 11 nitrogen and oxygen atoms in total. The lowest BCUT2D eigenvalue weighted by atomic mass is 9.99. The monoisotopic (exact) mass is 1130 g/mol. The third kappa shape index (κ3) is 47.0. The van der Waals surface area contributed by atoms with Gasteiger partial charge < -0.3 is 45.1 Å². The van der Waals surface area contributed by atoms with Crippen LogP contribution >= 0.6 is 0 Å². The van der Waals surface area contributed by atoms with Gasteiger partial charge in [-0.1, -0.05) is 268 Å². The molecule has 0 radical (unpaired) electrons. The Morgan fingerprint density at radius 3 is 1.25 bits per heavy atom. The lowest BCUT2D eigenvalue weighted by Crippen LogP contribution is -2.60. The highest BCUT2D eigenvalue weighted by Crippen LogP contribution is 2.23. The maximum atomic E-state index is 13.1. The number of aliphatic hydroxyl groups excluding tert-OH is 5. The van der Waals surface area contributed by atoms with E-state index < -0.39 is 49.5 Å². The van der Waals surface area contributed by atoms with E-state index in [2.05, 4.69) is 55.6 Å². The van der Waals surface area contributed by atoms with E-state index in [0.717, 1.165) is 70.6 Å². The number of carbonyl (C=O) groups excluding carboxylic acids is 2. The fourth-order valence-corrected chi connectivity index (χ4v) is 10.5. The number of carbonyl (C=O) groups is 2. The normalized spacial score (nSPS) is 18.6. The minimum atomic E-state index is -1.58. The summed E-state index contributed by atoms with van der Waals surface area (Å²) >= 11 is 0. The van der Waals surface area contributed by atoms with Crippen molar-refractivity contribution in [3.05, 3.63) is 48.6 Å². The van der Waals surface area contributed by atoms with Crippen molar-refractivity contribution in [3.63, 3.8) is 0 Å². The first-order valence-electron chi connectivity index (χ1n) is 33.9. The summed E-state index contributed by atoms with van der Waals surface area (Å²) in [4.78, 5) is 25.1. The van der Waals surface area contributed by atoms with E-state index in [-0.39, 0.29) is 18.5 Å². The fourth-order valence-electron chi connectivity index (χ4n) is 10.5. The lowest BCUT2D eigenvalue weighted by Gasteiger charge is -2.40. The number of hydrogen-bond donors (Lipinski definition) is 6. The van der Waals surface area contributed by atoms with Crippen LogP contribution in [0.1, 0.15) is 316 Å². The molecule has 0 aliphatic carbocycles. The smallest absolute Gasteiger partial charge is 0.305 e. The van der Waals surface area contributed by atoms with Crippen LogP contribution in [-0.2, 0) is 23.8 Å². The first-order valence-corrected chi connectivity index (χ1v) is 33.9. The largest absolute Gasteiger partial charge is 0.466 e. The van der Waals surface area contributed by atoms with Gasteiger partial charge in [0, 0.05) is 12.8 Å². The minimum Gasteiger partial charge on any atom is -0.466 e. The molecule has 0 spiro atoms. The van der Waals surface area contributed by atoms with Crippen LogP contribution in [0.3, 0.4) is 0 Å². The highest BCUT2D eigenvalue weighted by atomic mass is 16.7. The van der Waals surface area contributed by atoms with Crippen LogP contribution in [0.5, 0.6) is 0 Å². The number of hydrogen-bond acceptors (Lipinski definition) is 10. The van der Waals surface area contributed by atoms with Gasteiger partial charge in [0.2, 0.25) is 5.91 Å². The van der Waals surface area contributed by atoms with Gasteiger partial charge in [-0.05, 0) is 83.5 Å². The van der Waals surface area contributed by atoms with E-state index in [0.29, 0.717) is 19.4 Å². The summed E-state index contributed by atoms with van der Waals surface area (Å²) in [5.74, 6) is -0.192. The van der Waals surface area contributed by atoms with Crippen molar-refractivity contribution in [2.24, 2.45) is 0 Å². The Kier molecular flexibility index (Phi) is 55.2. The molecular weight excluding hydrogens is 1000 g/mol. The maximum absolute atomic E-state index is 13.1. The Hall–Kier alpha value is -2.38. The predicted molar refractivity (Wildman–Crippen MR) is 334 cm³/mol.